The second kappa shape index (κ2) is 9.93. The molecule has 3 atom stereocenters. The second-order valence-electron chi connectivity index (χ2n) is 10.8. The molecular weight excluding hydrogens is 481 g/mol. The molecule has 3 aliphatic heterocycles. The monoisotopic (exact) mass is 515 g/mol. The van der Waals surface area contributed by atoms with Gasteiger partial charge in [-0.05, 0) is 80.4 Å². The van der Waals surface area contributed by atoms with Gasteiger partial charge in [0.15, 0.2) is 5.82 Å². The van der Waals surface area contributed by atoms with Crippen LogP contribution in [0, 0.1) is 6.92 Å². The Morgan fingerprint density at radius 1 is 1.03 bits per heavy atom. The minimum absolute atomic E-state index is 0.0121. The fourth-order valence-electron chi connectivity index (χ4n) is 6.59. The fourth-order valence-corrected chi connectivity index (χ4v) is 7.57. The van der Waals surface area contributed by atoms with E-state index in [4.69, 9.17) is 10.2 Å². The molecule has 0 saturated carbocycles. The summed E-state index contributed by atoms with van der Waals surface area (Å²) >= 11 is 1.89. The number of fused-ring (bicyclic) bond motifs is 3. The number of aromatic nitrogens is 3. The van der Waals surface area contributed by atoms with Gasteiger partial charge in [-0.1, -0.05) is 18.2 Å². The Morgan fingerprint density at radius 3 is 2.49 bits per heavy atom. The van der Waals surface area contributed by atoms with E-state index in [-0.39, 0.29) is 12.6 Å². The van der Waals surface area contributed by atoms with E-state index in [0.29, 0.717) is 18.1 Å². The van der Waals surface area contributed by atoms with Gasteiger partial charge in [0.25, 0.3) is 5.56 Å². The number of piperidine rings is 1. The summed E-state index contributed by atoms with van der Waals surface area (Å²) in [6.07, 6.45) is 7.46. The average Bonchev–Trinajstić information content (AvgIpc) is 3.03. The molecule has 2 fully saturated rings. The summed E-state index contributed by atoms with van der Waals surface area (Å²) < 4.78 is 1.58. The molecule has 0 radical (unpaired) electrons. The molecule has 5 heterocycles. The summed E-state index contributed by atoms with van der Waals surface area (Å²) in [5.74, 6) is 2.10. The zero-order valence-electron chi connectivity index (χ0n) is 21.8. The molecule has 0 spiro atoms. The highest BCUT2D eigenvalue weighted by atomic mass is 32.2. The standard InChI is InChI=1S/C28H34BN5O2S/c1-18-13-19(20-9-11-32(3)27(35)14-20)5-8-24(18)25-17-26-28(31-30-25)33(10-4-12-37-26)23-15-21-6-7-22(16-23)34(21)29(2)36/h5,8-9,11,13-14,17,21-23,36H,4,6-7,10,12,15-16H2,1-3H3/t21-,22+,23?. The number of hydrogen-bond donors (Lipinski definition) is 1. The number of benzene rings is 1. The molecule has 1 aromatic carbocycles. The van der Waals surface area contributed by atoms with Crippen molar-refractivity contribution >= 4 is 24.6 Å². The average molecular weight is 515 g/mol. The first-order valence-electron chi connectivity index (χ1n) is 13.4. The van der Waals surface area contributed by atoms with E-state index in [0.717, 1.165) is 65.3 Å². The van der Waals surface area contributed by atoms with Crippen molar-refractivity contribution in [3.05, 3.63) is 58.5 Å². The third kappa shape index (κ3) is 4.62. The maximum absolute atomic E-state index is 12.1. The molecule has 2 saturated heterocycles. The summed E-state index contributed by atoms with van der Waals surface area (Å²) in [5.41, 5.74) is 5.02. The maximum atomic E-state index is 12.1. The van der Waals surface area contributed by atoms with Crippen LogP contribution in [0.5, 0.6) is 0 Å². The maximum Gasteiger partial charge on any atom is 0.376 e. The summed E-state index contributed by atoms with van der Waals surface area (Å²) in [6.45, 7) is 5.02. The Balaban J connectivity index is 1.28. The van der Waals surface area contributed by atoms with Crippen LogP contribution in [0.1, 0.15) is 37.7 Å². The number of aryl methyl sites for hydroxylation is 2. The van der Waals surface area contributed by atoms with E-state index in [2.05, 4.69) is 40.9 Å². The Morgan fingerprint density at radius 2 is 1.78 bits per heavy atom. The number of rotatable bonds is 4. The summed E-state index contributed by atoms with van der Waals surface area (Å²) in [6, 6.07) is 13.5. The minimum Gasteiger partial charge on any atom is -0.437 e. The number of hydrogen-bond acceptors (Lipinski definition) is 7. The highest BCUT2D eigenvalue weighted by molar-refractivity contribution is 7.99. The van der Waals surface area contributed by atoms with Gasteiger partial charge >= 0.3 is 7.05 Å². The van der Waals surface area contributed by atoms with Gasteiger partial charge in [0, 0.05) is 49.5 Å². The van der Waals surface area contributed by atoms with E-state index in [1.54, 1.807) is 17.7 Å². The van der Waals surface area contributed by atoms with Crippen molar-refractivity contribution in [2.45, 2.75) is 68.9 Å². The zero-order valence-corrected chi connectivity index (χ0v) is 22.6. The molecule has 2 bridgehead atoms. The number of anilines is 1. The number of nitrogens with zero attached hydrogens (tertiary/aromatic N) is 5. The molecule has 3 aromatic rings. The van der Waals surface area contributed by atoms with E-state index in [1.807, 2.05) is 30.8 Å². The molecule has 7 nitrogen and oxygen atoms in total. The Kier molecular flexibility index (Phi) is 6.63. The van der Waals surface area contributed by atoms with Crippen molar-refractivity contribution in [3.63, 3.8) is 0 Å². The van der Waals surface area contributed by atoms with Crippen LogP contribution in [0.15, 0.2) is 52.3 Å². The van der Waals surface area contributed by atoms with Crippen LogP contribution in [-0.4, -0.2) is 62.1 Å². The van der Waals surface area contributed by atoms with Crippen molar-refractivity contribution in [2.75, 3.05) is 17.2 Å². The van der Waals surface area contributed by atoms with Crippen LogP contribution in [0.3, 0.4) is 0 Å². The molecule has 1 N–H and O–H groups in total. The van der Waals surface area contributed by atoms with Crippen molar-refractivity contribution < 1.29 is 5.02 Å². The lowest BCUT2D eigenvalue weighted by atomic mass is 9.78. The van der Waals surface area contributed by atoms with Crippen molar-refractivity contribution in [1.82, 2.24) is 19.6 Å². The van der Waals surface area contributed by atoms with Crippen LogP contribution in [0.4, 0.5) is 5.82 Å². The Hall–Kier alpha value is -2.62. The van der Waals surface area contributed by atoms with Crippen LogP contribution in [-0.2, 0) is 7.05 Å². The highest BCUT2D eigenvalue weighted by Crippen LogP contribution is 2.42. The molecule has 6 rings (SSSR count). The molecule has 0 amide bonds. The van der Waals surface area contributed by atoms with Crippen molar-refractivity contribution in [1.29, 1.82) is 0 Å². The molecule has 3 aliphatic rings. The first-order chi connectivity index (χ1) is 17.9. The van der Waals surface area contributed by atoms with Gasteiger partial charge in [0.1, 0.15) is 0 Å². The largest absolute Gasteiger partial charge is 0.437 e. The van der Waals surface area contributed by atoms with Crippen molar-refractivity contribution in [2.24, 2.45) is 7.05 Å². The van der Waals surface area contributed by atoms with Gasteiger partial charge in [-0.2, -0.15) is 0 Å². The first-order valence-corrected chi connectivity index (χ1v) is 14.4. The summed E-state index contributed by atoms with van der Waals surface area (Å²) in [7, 11) is 1.40. The van der Waals surface area contributed by atoms with E-state index >= 15 is 0 Å². The SMILES string of the molecule is CB(O)N1[C@@H]2CC[C@H]1CC(N1CCCSc3cc(-c4ccc(-c5ccn(C)c(=O)c5)cc4C)nnc31)C2. The van der Waals surface area contributed by atoms with Crippen LogP contribution >= 0.6 is 11.8 Å². The topological polar surface area (TPSA) is 74.5 Å². The van der Waals surface area contributed by atoms with Crippen LogP contribution in [0.2, 0.25) is 6.82 Å². The molecule has 1 unspecified atom stereocenters. The Bertz CT molecular complexity index is 1360. The van der Waals surface area contributed by atoms with E-state index < -0.39 is 0 Å². The number of pyridine rings is 1. The Labute approximate surface area is 223 Å². The van der Waals surface area contributed by atoms with Gasteiger partial charge < -0.3 is 19.3 Å². The predicted molar refractivity (Wildman–Crippen MR) is 151 cm³/mol. The van der Waals surface area contributed by atoms with E-state index in [9.17, 15) is 9.82 Å². The first kappa shape index (κ1) is 24.7. The second-order valence-corrected chi connectivity index (χ2v) is 11.9. The highest BCUT2D eigenvalue weighted by Gasteiger charge is 2.45. The molecule has 0 aliphatic carbocycles. The lowest BCUT2D eigenvalue weighted by Gasteiger charge is -2.44. The zero-order chi connectivity index (χ0) is 25.7. The smallest absolute Gasteiger partial charge is 0.376 e. The quantitative estimate of drug-likeness (QED) is 0.522. The predicted octanol–water partition coefficient (Wildman–Crippen LogP) is 4.23. The van der Waals surface area contributed by atoms with Gasteiger partial charge in [-0.15, -0.1) is 22.0 Å². The van der Waals surface area contributed by atoms with Gasteiger partial charge in [0.2, 0.25) is 0 Å². The molecule has 2 aromatic heterocycles. The lowest BCUT2D eigenvalue weighted by Crippen LogP contribution is -2.55. The third-order valence-corrected chi connectivity index (χ3v) is 9.49. The normalized spacial score (nSPS) is 23.6. The lowest BCUT2D eigenvalue weighted by molar-refractivity contribution is 0.196. The molecule has 192 valence electrons. The summed E-state index contributed by atoms with van der Waals surface area (Å²) in [5, 5.41) is 19.8. The fraction of sp³-hybridized carbons (Fsp3) is 0.464. The van der Waals surface area contributed by atoms with Gasteiger partial charge in [-0.25, -0.2) is 0 Å². The molecule has 37 heavy (non-hydrogen) atoms. The van der Waals surface area contributed by atoms with E-state index in [1.165, 1.54) is 17.7 Å². The minimum atomic E-state index is -0.366. The third-order valence-electron chi connectivity index (χ3n) is 8.39. The van der Waals surface area contributed by atoms with Crippen molar-refractivity contribution in [3.8, 4) is 22.4 Å². The molecular formula is C28H34BN5O2S. The van der Waals surface area contributed by atoms with Crippen LogP contribution in [0.25, 0.3) is 22.4 Å². The van der Waals surface area contributed by atoms with Gasteiger partial charge in [-0.3, -0.25) is 4.79 Å². The summed E-state index contributed by atoms with van der Waals surface area (Å²) in [4.78, 5) is 18.2. The number of thioether (sulfide) groups is 1. The van der Waals surface area contributed by atoms with Crippen LogP contribution < -0.4 is 10.5 Å². The van der Waals surface area contributed by atoms with Gasteiger partial charge in [0.05, 0.1) is 10.6 Å². The molecule has 9 heteroatoms.